The Hall–Kier alpha value is -2.36. The third kappa shape index (κ3) is 3.97. The number of imidazole rings is 1. The van der Waals surface area contributed by atoms with Gasteiger partial charge in [0, 0.05) is 25.3 Å². The van der Waals surface area contributed by atoms with Crippen molar-refractivity contribution in [2.75, 3.05) is 30.3 Å². The highest BCUT2D eigenvalue weighted by molar-refractivity contribution is 7.99. The molecule has 31 heavy (non-hydrogen) atoms. The molecule has 9 heteroatoms. The van der Waals surface area contributed by atoms with E-state index < -0.39 is 10.0 Å². The highest BCUT2D eigenvalue weighted by Gasteiger charge is 2.29. The van der Waals surface area contributed by atoms with Crippen LogP contribution in [0.15, 0.2) is 52.5 Å². The maximum atomic E-state index is 13.0. The molecule has 1 saturated heterocycles. The van der Waals surface area contributed by atoms with Crippen LogP contribution in [-0.2, 0) is 21.2 Å². The number of carbonyl (C=O) groups excluding carboxylic acids is 1. The number of hydrogen-bond acceptors (Lipinski definition) is 5. The summed E-state index contributed by atoms with van der Waals surface area (Å²) in [7, 11) is -3.46. The van der Waals surface area contributed by atoms with Crippen LogP contribution in [0.1, 0.15) is 24.8 Å². The van der Waals surface area contributed by atoms with Crippen LogP contribution in [0.3, 0.4) is 0 Å². The predicted octanol–water partition coefficient (Wildman–Crippen LogP) is 3.42. The minimum atomic E-state index is -3.46. The number of sulfonamides is 1. The van der Waals surface area contributed by atoms with Gasteiger partial charge in [-0.15, -0.1) is 0 Å². The molecule has 0 saturated carbocycles. The Morgan fingerprint density at radius 1 is 1.06 bits per heavy atom. The first kappa shape index (κ1) is 20.5. The van der Waals surface area contributed by atoms with Crippen molar-refractivity contribution < 1.29 is 13.2 Å². The summed E-state index contributed by atoms with van der Waals surface area (Å²) in [4.78, 5) is 22.8. The van der Waals surface area contributed by atoms with E-state index in [1.54, 1.807) is 27.4 Å². The standard InChI is InChI=1S/C22H24N4O3S2/c27-21(15-30-22-23-18-7-1-2-8-19(18)24-22)26-13-5-6-16-14-17(9-10-20(16)26)31(28,29)25-11-3-4-12-25/h1-2,7-10,14H,3-6,11-13,15H2,(H,23,24). The monoisotopic (exact) mass is 456 g/mol. The summed E-state index contributed by atoms with van der Waals surface area (Å²) in [6.45, 7) is 1.82. The number of para-hydroxylation sites is 2. The second kappa shape index (κ2) is 8.29. The lowest BCUT2D eigenvalue weighted by Crippen LogP contribution is -2.37. The predicted molar refractivity (Wildman–Crippen MR) is 122 cm³/mol. The quantitative estimate of drug-likeness (QED) is 0.595. The molecule has 2 aromatic carbocycles. The summed E-state index contributed by atoms with van der Waals surface area (Å²) in [5.41, 5.74) is 3.58. The molecule has 1 N–H and O–H groups in total. The number of nitrogens with one attached hydrogen (secondary N) is 1. The Bertz CT molecular complexity index is 1200. The van der Waals surface area contributed by atoms with Crippen LogP contribution in [0.4, 0.5) is 5.69 Å². The Kier molecular flexibility index (Phi) is 5.49. The number of carbonyl (C=O) groups is 1. The summed E-state index contributed by atoms with van der Waals surface area (Å²) in [5.74, 6) is 0.272. The summed E-state index contributed by atoms with van der Waals surface area (Å²) in [5, 5.41) is 0.721. The van der Waals surface area contributed by atoms with E-state index in [9.17, 15) is 13.2 Å². The molecule has 0 radical (unpaired) electrons. The normalized spacial score (nSPS) is 17.2. The van der Waals surface area contributed by atoms with Crippen molar-refractivity contribution in [1.82, 2.24) is 14.3 Å². The van der Waals surface area contributed by atoms with Crippen LogP contribution in [0.5, 0.6) is 0 Å². The average molecular weight is 457 g/mol. The molecule has 7 nitrogen and oxygen atoms in total. The van der Waals surface area contributed by atoms with Crippen molar-refractivity contribution in [1.29, 1.82) is 0 Å². The molecule has 0 spiro atoms. The largest absolute Gasteiger partial charge is 0.333 e. The van der Waals surface area contributed by atoms with E-state index in [0.29, 0.717) is 24.5 Å². The Morgan fingerprint density at radius 2 is 1.87 bits per heavy atom. The maximum Gasteiger partial charge on any atom is 0.243 e. The zero-order valence-corrected chi connectivity index (χ0v) is 18.7. The molecule has 0 atom stereocenters. The SMILES string of the molecule is O=C(CSc1nc2ccccc2[nH]1)N1CCCc2cc(S(=O)(=O)N3CCCC3)ccc21. The number of hydrogen-bond donors (Lipinski definition) is 1. The van der Waals surface area contributed by atoms with E-state index in [0.717, 1.165) is 53.1 Å². The topological polar surface area (TPSA) is 86.4 Å². The van der Waals surface area contributed by atoms with Crippen molar-refractivity contribution in [3.05, 3.63) is 48.0 Å². The van der Waals surface area contributed by atoms with Crippen LogP contribution >= 0.6 is 11.8 Å². The van der Waals surface area contributed by atoms with Gasteiger partial charge >= 0.3 is 0 Å². The van der Waals surface area contributed by atoms with E-state index in [-0.39, 0.29) is 11.7 Å². The number of fused-ring (bicyclic) bond motifs is 2. The van der Waals surface area contributed by atoms with E-state index in [2.05, 4.69) is 9.97 Å². The molecule has 0 aliphatic carbocycles. The van der Waals surface area contributed by atoms with Crippen LogP contribution in [-0.4, -0.2) is 54.0 Å². The molecule has 5 rings (SSSR count). The highest BCUT2D eigenvalue weighted by atomic mass is 32.2. The minimum absolute atomic E-state index is 0.00144. The van der Waals surface area contributed by atoms with Gasteiger partial charge in [-0.2, -0.15) is 4.31 Å². The van der Waals surface area contributed by atoms with E-state index in [4.69, 9.17) is 0 Å². The summed E-state index contributed by atoms with van der Waals surface area (Å²) < 4.78 is 27.4. The van der Waals surface area contributed by atoms with Crippen molar-refractivity contribution in [3.8, 4) is 0 Å². The molecule has 162 valence electrons. The second-order valence-electron chi connectivity index (χ2n) is 7.90. The highest BCUT2D eigenvalue weighted by Crippen LogP contribution is 2.32. The van der Waals surface area contributed by atoms with Crippen molar-refractivity contribution >= 4 is 44.4 Å². The first-order valence-electron chi connectivity index (χ1n) is 10.5. The van der Waals surface area contributed by atoms with Gasteiger partial charge in [-0.25, -0.2) is 13.4 Å². The third-order valence-corrected chi connectivity index (χ3v) is 8.63. The molecule has 0 bridgehead atoms. The molecule has 1 aromatic heterocycles. The van der Waals surface area contributed by atoms with Crippen molar-refractivity contribution in [2.45, 2.75) is 35.7 Å². The summed E-state index contributed by atoms with van der Waals surface area (Å²) >= 11 is 1.39. The number of anilines is 1. The first-order valence-corrected chi connectivity index (χ1v) is 13.0. The van der Waals surface area contributed by atoms with Crippen LogP contribution < -0.4 is 4.90 Å². The minimum Gasteiger partial charge on any atom is -0.333 e. The van der Waals surface area contributed by atoms with Crippen molar-refractivity contribution in [3.63, 3.8) is 0 Å². The molecule has 3 aromatic rings. The van der Waals surface area contributed by atoms with E-state index in [1.165, 1.54) is 11.8 Å². The van der Waals surface area contributed by atoms with Gasteiger partial charge in [0.2, 0.25) is 15.9 Å². The number of amides is 1. The number of aryl methyl sites for hydroxylation is 1. The molecule has 1 fully saturated rings. The summed E-state index contributed by atoms with van der Waals surface area (Å²) in [6.07, 6.45) is 3.42. The Labute approximate surface area is 185 Å². The third-order valence-electron chi connectivity index (χ3n) is 5.87. The Balaban J connectivity index is 1.32. The molecule has 1 amide bonds. The Morgan fingerprint density at radius 3 is 2.68 bits per heavy atom. The van der Waals surface area contributed by atoms with Crippen LogP contribution in [0, 0.1) is 0 Å². The molecular formula is C22H24N4O3S2. The smallest absolute Gasteiger partial charge is 0.243 e. The summed E-state index contributed by atoms with van der Waals surface area (Å²) in [6, 6.07) is 13.0. The van der Waals surface area contributed by atoms with Crippen LogP contribution in [0.2, 0.25) is 0 Å². The van der Waals surface area contributed by atoms with Gasteiger partial charge in [0.05, 0.1) is 21.7 Å². The lowest BCUT2D eigenvalue weighted by Gasteiger charge is -2.30. The fourth-order valence-corrected chi connectivity index (χ4v) is 6.61. The number of H-pyrrole nitrogens is 1. The maximum absolute atomic E-state index is 13.0. The van der Waals surface area contributed by atoms with Gasteiger partial charge < -0.3 is 9.88 Å². The molecular weight excluding hydrogens is 432 g/mol. The number of aromatic nitrogens is 2. The van der Waals surface area contributed by atoms with Gasteiger partial charge in [0.1, 0.15) is 0 Å². The fourth-order valence-electron chi connectivity index (χ4n) is 4.28. The fraction of sp³-hybridized carbons (Fsp3) is 0.364. The number of rotatable bonds is 5. The second-order valence-corrected chi connectivity index (χ2v) is 10.8. The molecule has 0 unspecified atom stereocenters. The van der Waals surface area contributed by atoms with E-state index >= 15 is 0 Å². The lowest BCUT2D eigenvalue weighted by atomic mass is 10.0. The van der Waals surface area contributed by atoms with E-state index in [1.807, 2.05) is 24.3 Å². The number of thioether (sulfide) groups is 1. The molecule has 2 aliphatic rings. The van der Waals surface area contributed by atoms with Gasteiger partial charge in [-0.1, -0.05) is 23.9 Å². The molecule has 2 aliphatic heterocycles. The van der Waals surface area contributed by atoms with Crippen molar-refractivity contribution in [2.24, 2.45) is 0 Å². The van der Waals surface area contributed by atoms with Gasteiger partial charge in [-0.05, 0) is 61.6 Å². The first-order chi connectivity index (χ1) is 15.0. The number of benzene rings is 2. The van der Waals surface area contributed by atoms with Gasteiger partial charge in [0.25, 0.3) is 0 Å². The van der Waals surface area contributed by atoms with Crippen LogP contribution in [0.25, 0.3) is 11.0 Å². The molecule has 3 heterocycles. The van der Waals surface area contributed by atoms with Gasteiger partial charge in [0.15, 0.2) is 5.16 Å². The average Bonchev–Trinajstić information content (AvgIpc) is 3.46. The lowest BCUT2D eigenvalue weighted by molar-refractivity contribution is -0.116. The zero-order valence-electron chi connectivity index (χ0n) is 17.1. The zero-order chi connectivity index (χ0) is 21.4. The number of nitrogens with zero attached hydrogens (tertiary/aromatic N) is 3. The van der Waals surface area contributed by atoms with Gasteiger partial charge in [-0.3, -0.25) is 4.79 Å². The number of aromatic amines is 1.